The van der Waals surface area contributed by atoms with E-state index in [9.17, 15) is 47.9 Å². The molecule has 87 heavy (non-hydrogen) atoms. The highest BCUT2D eigenvalue weighted by molar-refractivity contribution is 7.98. The number of likely N-dealkylation sites (tertiary alicyclic amines) is 2. The molecule has 488 valence electrons. The van der Waals surface area contributed by atoms with Gasteiger partial charge in [-0.25, -0.2) is 0 Å². The molecule has 0 radical (unpaired) electrons. The summed E-state index contributed by atoms with van der Waals surface area (Å²) in [6.45, 7) is 8.92. The molecule has 1 aromatic heterocycles. The SMILES string of the molecule is CC[C@H](C)[C@H](NC(=O)[C@H](CCSC)NC(=O)[C@H](CCCCN)NC(=O)[C@@H]1CCCN1C(=O)[C@H](CCCCN)NC(=O)[C@H](Cc1c[nH]c2ccccc12)NC(=O)[C@H](CCCCN)NC(=O)CNC(=O)[C@@H]1CCCN1C(=O)[C@@H](N)CC(C)C)C(=O)NCCS. The molecule has 0 unspecified atom stereocenters. The zero-order chi connectivity index (χ0) is 64.0. The number of para-hydroxylation sites is 1. The van der Waals surface area contributed by atoms with Crippen molar-refractivity contribution in [3.8, 4) is 0 Å². The molecular formula is C60H101N15O10S2. The Kier molecular flexibility index (Phi) is 33.0. The number of carbonyl (C=O) groups is 10. The number of unbranched alkanes of at least 4 members (excludes halogenated alkanes) is 3. The van der Waals surface area contributed by atoms with E-state index in [1.54, 1.807) is 6.20 Å². The Balaban J connectivity index is 1.57. The average Bonchev–Trinajstić information content (AvgIpc) is 3.83. The molecule has 2 aliphatic rings. The van der Waals surface area contributed by atoms with Gasteiger partial charge >= 0.3 is 0 Å². The number of thiol groups is 1. The summed E-state index contributed by atoms with van der Waals surface area (Å²) in [5.41, 5.74) is 25.2. The lowest BCUT2D eigenvalue weighted by atomic mass is 9.97. The van der Waals surface area contributed by atoms with E-state index in [0.29, 0.717) is 120 Å². The van der Waals surface area contributed by atoms with E-state index in [2.05, 4.69) is 60.1 Å². The van der Waals surface area contributed by atoms with Gasteiger partial charge in [0.05, 0.1) is 12.6 Å². The third kappa shape index (κ3) is 23.5. The maximum atomic E-state index is 15.0. The average molecular weight is 1260 g/mol. The van der Waals surface area contributed by atoms with Crippen LogP contribution in [0.5, 0.6) is 0 Å². The molecule has 10 amide bonds. The first-order valence-corrected chi connectivity index (χ1v) is 33.2. The van der Waals surface area contributed by atoms with Crippen LogP contribution in [0, 0.1) is 11.8 Å². The topological polar surface area (TPSA) is 393 Å². The number of H-pyrrole nitrogens is 1. The number of nitrogens with two attached hydrogens (primary N) is 4. The van der Waals surface area contributed by atoms with Crippen molar-refractivity contribution in [3.63, 3.8) is 0 Å². The molecular weight excluding hydrogens is 1150 g/mol. The second-order valence-corrected chi connectivity index (χ2v) is 24.7. The molecule has 4 rings (SSSR count). The maximum absolute atomic E-state index is 15.0. The number of hydrogen-bond donors (Lipinski definition) is 14. The molecule has 27 heteroatoms. The monoisotopic (exact) mass is 1260 g/mol. The number of rotatable bonds is 40. The van der Waals surface area contributed by atoms with Gasteiger partial charge in [0.1, 0.15) is 48.3 Å². The lowest BCUT2D eigenvalue weighted by molar-refractivity contribution is -0.142. The fourth-order valence-corrected chi connectivity index (χ4v) is 11.6. The van der Waals surface area contributed by atoms with Gasteiger partial charge in [-0.15, -0.1) is 0 Å². The van der Waals surface area contributed by atoms with Crippen molar-refractivity contribution in [2.24, 2.45) is 34.8 Å². The highest BCUT2D eigenvalue weighted by atomic mass is 32.2. The van der Waals surface area contributed by atoms with E-state index < -0.39 is 108 Å². The number of aromatic nitrogens is 1. The van der Waals surface area contributed by atoms with Gasteiger partial charge in [0.2, 0.25) is 59.1 Å². The Labute approximate surface area is 522 Å². The van der Waals surface area contributed by atoms with Gasteiger partial charge in [-0.05, 0) is 151 Å². The second-order valence-electron chi connectivity index (χ2n) is 23.3. The summed E-state index contributed by atoms with van der Waals surface area (Å²) in [5, 5.41) is 23.3. The van der Waals surface area contributed by atoms with Crippen molar-refractivity contribution in [2.45, 2.75) is 191 Å². The molecule has 1 aromatic carbocycles. The van der Waals surface area contributed by atoms with Crippen molar-refractivity contribution in [2.75, 3.05) is 63.6 Å². The molecule has 0 bridgehead atoms. The van der Waals surface area contributed by atoms with Gasteiger partial charge in [0, 0.05) is 48.9 Å². The van der Waals surface area contributed by atoms with E-state index in [-0.39, 0.29) is 68.7 Å². The van der Waals surface area contributed by atoms with Crippen LogP contribution in [-0.2, 0) is 54.4 Å². The van der Waals surface area contributed by atoms with E-state index in [4.69, 9.17) is 22.9 Å². The van der Waals surface area contributed by atoms with Gasteiger partial charge in [0.15, 0.2) is 0 Å². The summed E-state index contributed by atoms with van der Waals surface area (Å²) in [4.78, 5) is 147. The third-order valence-corrected chi connectivity index (χ3v) is 16.9. The van der Waals surface area contributed by atoms with Gasteiger partial charge in [-0.1, -0.05) is 52.3 Å². The minimum absolute atomic E-state index is 0.0470. The molecule has 2 fully saturated rings. The van der Waals surface area contributed by atoms with Crippen molar-refractivity contribution >= 4 is 94.4 Å². The van der Waals surface area contributed by atoms with E-state index in [1.807, 2.05) is 58.2 Å². The van der Waals surface area contributed by atoms with E-state index in [1.165, 1.54) is 21.6 Å². The Morgan fingerprint density at radius 2 is 1.17 bits per heavy atom. The molecule has 25 nitrogen and oxygen atoms in total. The summed E-state index contributed by atoms with van der Waals surface area (Å²) >= 11 is 5.66. The largest absolute Gasteiger partial charge is 0.361 e. The normalized spacial score (nSPS) is 17.7. The fourth-order valence-electron chi connectivity index (χ4n) is 11.0. The first-order valence-electron chi connectivity index (χ1n) is 31.2. The Morgan fingerprint density at radius 1 is 0.644 bits per heavy atom. The lowest BCUT2D eigenvalue weighted by Gasteiger charge is -2.31. The maximum Gasteiger partial charge on any atom is 0.245 e. The predicted octanol–water partition coefficient (Wildman–Crippen LogP) is 0.323. The number of fused-ring (bicyclic) bond motifs is 1. The summed E-state index contributed by atoms with van der Waals surface area (Å²) < 4.78 is 0. The predicted molar refractivity (Wildman–Crippen MR) is 342 cm³/mol. The highest BCUT2D eigenvalue weighted by Gasteiger charge is 2.41. The van der Waals surface area contributed by atoms with Gasteiger partial charge < -0.3 is 80.3 Å². The van der Waals surface area contributed by atoms with Crippen LogP contribution in [0.2, 0.25) is 0 Å². The van der Waals surface area contributed by atoms with Crippen LogP contribution >= 0.6 is 24.4 Å². The molecule has 0 aliphatic carbocycles. The van der Waals surface area contributed by atoms with Crippen LogP contribution in [0.4, 0.5) is 0 Å². The zero-order valence-corrected chi connectivity index (χ0v) is 53.5. The number of carbonyl (C=O) groups excluding carboxylic acids is 10. The standard InChI is InChI=1S/C60H101N15O10S2/c1-6-38(4)51(58(83)65-28-31-86)73-54(79)45(24-32-87-5)69-53(78)44(20-10-13-26-62)70-57(82)49-23-16-30-75(49)60(85)46(21-11-14-27-63)71-55(80)47(34-39-35-66-42-18-8-7-17-40(39)42)72-52(77)43(19-9-12-25-61)68-50(76)36-67-56(81)48-22-15-29-74(48)59(84)41(64)33-37(2)3/h7-8,17-18,35,37-38,41,43-49,51,66,86H,6,9-16,19-34,36,61-64H2,1-5H3,(H,65,83)(H,67,81)(H,68,76)(H,69,78)(H,70,82)(H,71,80)(H,72,77)(H,73,79)/t38-,41-,43-,44-,45-,46-,47-,48-,49-,51-/m0/s1. The Morgan fingerprint density at radius 3 is 1.76 bits per heavy atom. The van der Waals surface area contributed by atoms with Crippen LogP contribution < -0.4 is 65.5 Å². The summed E-state index contributed by atoms with van der Waals surface area (Å²) in [6.07, 6.45) is 9.75. The first-order chi connectivity index (χ1) is 41.7. The van der Waals surface area contributed by atoms with Crippen LogP contribution in [-0.4, -0.2) is 192 Å². The highest BCUT2D eigenvalue weighted by Crippen LogP contribution is 2.24. The van der Waals surface area contributed by atoms with Gasteiger partial charge in [-0.2, -0.15) is 24.4 Å². The van der Waals surface area contributed by atoms with Gasteiger partial charge in [-0.3, -0.25) is 47.9 Å². The number of benzene rings is 1. The molecule has 10 atom stereocenters. The lowest BCUT2D eigenvalue weighted by Crippen LogP contribution is -2.60. The number of hydrogen-bond acceptors (Lipinski definition) is 16. The van der Waals surface area contributed by atoms with Crippen LogP contribution in [0.25, 0.3) is 10.9 Å². The molecule has 0 saturated carbocycles. The molecule has 2 aliphatic heterocycles. The molecule has 2 aromatic rings. The number of amides is 10. The number of thioether (sulfide) groups is 1. The van der Waals surface area contributed by atoms with Crippen LogP contribution in [0.3, 0.4) is 0 Å². The number of aromatic amines is 1. The third-order valence-electron chi connectivity index (χ3n) is 16.1. The molecule has 3 heterocycles. The minimum atomic E-state index is -1.31. The zero-order valence-electron chi connectivity index (χ0n) is 51.8. The summed E-state index contributed by atoms with van der Waals surface area (Å²) in [7, 11) is 0. The number of nitrogens with one attached hydrogen (secondary N) is 9. The van der Waals surface area contributed by atoms with Crippen molar-refractivity contribution in [1.29, 1.82) is 0 Å². The van der Waals surface area contributed by atoms with Crippen LogP contribution in [0.15, 0.2) is 30.5 Å². The molecule has 2 saturated heterocycles. The number of nitrogens with zero attached hydrogens (tertiary/aromatic N) is 2. The van der Waals surface area contributed by atoms with Crippen LogP contribution in [0.1, 0.15) is 136 Å². The fraction of sp³-hybridized carbons (Fsp3) is 0.700. The minimum Gasteiger partial charge on any atom is -0.361 e. The Bertz CT molecular complexity index is 2560. The molecule has 0 spiro atoms. The van der Waals surface area contributed by atoms with E-state index >= 15 is 0 Å². The van der Waals surface area contributed by atoms with Gasteiger partial charge in [0.25, 0.3) is 0 Å². The van der Waals surface area contributed by atoms with E-state index in [0.717, 1.165) is 10.9 Å². The quantitative estimate of drug-likeness (QED) is 0.0316. The summed E-state index contributed by atoms with van der Waals surface area (Å²) in [6, 6.07) is -1.96. The Hall–Kier alpha value is -6.00. The molecule has 17 N–H and O–H groups in total. The van der Waals surface area contributed by atoms with Crippen molar-refractivity contribution in [1.82, 2.24) is 57.3 Å². The first kappa shape index (κ1) is 73.5. The smallest absolute Gasteiger partial charge is 0.245 e. The second kappa shape index (κ2) is 39.1. The van der Waals surface area contributed by atoms with Crippen molar-refractivity contribution < 1.29 is 47.9 Å². The van der Waals surface area contributed by atoms with Crippen molar-refractivity contribution in [3.05, 3.63) is 36.0 Å². The summed E-state index contributed by atoms with van der Waals surface area (Å²) in [5.74, 6) is -4.81.